The smallest absolute Gasteiger partial charge is 0.326 e. The summed E-state index contributed by atoms with van der Waals surface area (Å²) >= 11 is 0. The summed E-state index contributed by atoms with van der Waals surface area (Å²) < 4.78 is 0. The second-order valence-corrected chi connectivity index (χ2v) is 10.1. The van der Waals surface area contributed by atoms with Gasteiger partial charge < -0.3 is 48.1 Å². The maximum absolute atomic E-state index is 13.0. The monoisotopic (exact) mass is 575 g/mol. The summed E-state index contributed by atoms with van der Waals surface area (Å²) in [6.45, 7) is 6.50. The molecule has 0 spiro atoms. The van der Waals surface area contributed by atoms with E-state index in [0.29, 0.717) is 25.8 Å². The number of nitrogens with one attached hydrogen (secondary N) is 4. The topological polar surface area (TPSA) is 265 Å². The van der Waals surface area contributed by atoms with Gasteiger partial charge in [-0.15, -0.1) is 0 Å². The maximum atomic E-state index is 13.0. The van der Waals surface area contributed by atoms with Crippen LogP contribution in [-0.2, 0) is 28.8 Å². The molecule has 0 unspecified atom stereocenters. The van der Waals surface area contributed by atoms with Crippen molar-refractivity contribution < 1.29 is 49.8 Å². The molecule has 0 bridgehead atoms. The first-order valence-electron chi connectivity index (χ1n) is 13.5. The number of carboxylic acids is 2. The third-order valence-corrected chi connectivity index (χ3v) is 6.51. The first kappa shape index (κ1) is 36.7. The summed E-state index contributed by atoms with van der Waals surface area (Å²) in [7, 11) is 0. The van der Waals surface area contributed by atoms with E-state index < -0.39 is 84.7 Å². The highest BCUT2D eigenvalue weighted by Gasteiger charge is 2.32. The van der Waals surface area contributed by atoms with Gasteiger partial charge in [0.25, 0.3) is 0 Å². The van der Waals surface area contributed by atoms with Gasteiger partial charge in [0, 0.05) is 6.42 Å². The molecule has 0 radical (unpaired) electrons. The molecule has 12 N–H and O–H groups in total. The van der Waals surface area contributed by atoms with Crippen molar-refractivity contribution in [2.24, 2.45) is 17.6 Å². The van der Waals surface area contributed by atoms with Gasteiger partial charge in [0.15, 0.2) is 0 Å². The van der Waals surface area contributed by atoms with E-state index in [9.17, 15) is 39.0 Å². The molecule has 15 heteroatoms. The van der Waals surface area contributed by atoms with Crippen LogP contribution in [0.25, 0.3) is 0 Å². The van der Waals surface area contributed by atoms with Crippen LogP contribution in [0, 0.1) is 11.8 Å². The summed E-state index contributed by atoms with van der Waals surface area (Å²) in [4.78, 5) is 73.9. The van der Waals surface area contributed by atoms with Crippen molar-refractivity contribution in [2.75, 3.05) is 13.2 Å². The number of carbonyl (C=O) groups is 6. The Morgan fingerprint density at radius 3 is 1.75 bits per heavy atom. The molecule has 0 heterocycles. The summed E-state index contributed by atoms with van der Waals surface area (Å²) in [5.74, 6) is -6.39. The number of carboxylic acid groups (broad SMARTS) is 2. The van der Waals surface area contributed by atoms with Gasteiger partial charge in [-0.1, -0.05) is 34.1 Å². The molecule has 0 aliphatic carbocycles. The van der Waals surface area contributed by atoms with Crippen LogP contribution in [0.5, 0.6) is 0 Å². The van der Waals surface area contributed by atoms with E-state index in [1.807, 2.05) is 6.92 Å². The van der Waals surface area contributed by atoms with E-state index in [1.54, 1.807) is 20.8 Å². The second-order valence-electron chi connectivity index (χ2n) is 10.1. The number of hydrogen-bond acceptors (Lipinski definition) is 8. The van der Waals surface area contributed by atoms with Gasteiger partial charge in [-0.25, -0.2) is 4.79 Å². The molecule has 0 aromatic carbocycles. The zero-order valence-electron chi connectivity index (χ0n) is 23.8. The first-order chi connectivity index (χ1) is 18.7. The molecular weight excluding hydrogens is 528 g/mol. The molecule has 40 heavy (non-hydrogen) atoms. The number of nitrogens with two attached hydrogens (primary N) is 1. The molecule has 0 rings (SSSR count). The van der Waals surface area contributed by atoms with E-state index in [1.165, 1.54) is 0 Å². The molecule has 0 aromatic heterocycles. The summed E-state index contributed by atoms with van der Waals surface area (Å²) in [5.41, 5.74) is 9.64. The number of aliphatic carboxylic acids is 2. The van der Waals surface area contributed by atoms with E-state index in [-0.39, 0.29) is 18.8 Å². The summed E-state index contributed by atoms with van der Waals surface area (Å²) in [6.07, 6.45) is 1.08. The molecule has 0 aromatic rings. The van der Waals surface area contributed by atoms with Crippen molar-refractivity contribution in [2.45, 2.75) is 96.4 Å². The number of unbranched alkanes of at least 4 members (excludes halogenated alkanes) is 1. The molecule has 0 fully saturated rings. The largest absolute Gasteiger partial charge is 0.481 e. The lowest BCUT2D eigenvalue weighted by Crippen LogP contribution is -2.60. The number of carbonyl (C=O) groups excluding carboxylic acids is 4. The predicted molar refractivity (Wildman–Crippen MR) is 143 cm³/mol. The Kier molecular flexibility index (Phi) is 17.3. The van der Waals surface area contributed by atoms with Crippen LogP contribution in [0.1, 0.15) is 66.2 Å². The van der Waals surface area contributed by atoms with Gasteiger partial charge in [0.2, 0.25) is 23.6 Å². The van der Waals surface area contributed by atoms with E-state index in [0.717, 1.165) is 0 Å². The lowest BCUT2D eigenvalue weighted by molar-refractivity contribution is -0.368. The van der Waals surface area contributed by atoms with Crippen LogP contribution in [0.4, 0.5) is 0 Å². The Hall–Kier alpha value is -3.30. The Morgan fingerprint density at radius 1 is 0.775 bits per heavy atom. The van der Waals surface area contributed by atoms with Crippen molar-refractivity contribution in [3.8, 4) is 0 Å². The third-order valence-electron chi connectivity index (χ3n) is 6.51. The van der Waals surface area contributed by atoms with Crippen molar-refractivity contribution >= 4 is 35.6 Å². The highest BCUT2D eigenvalue weighted by atomic mass is 16.4. The first-order valence-corrected chi connectivity index (χ1v) is 13.5. The fourth-order valence-corrected chi connectivity index (χ4v) is 3.62. The number of amides is 4. The summed E-state index contributed by atoms with van der Waals surface area (Å²) in [6, 6.07) is -6.24. The minimum atomic E-state index is -1.55. The van der Waals surface area contributed by atoms with Crippen LogP contribution in [0.2, 0.25) is 0 Å². The number of hydrogen-bond donors (Lipinski definition) is 9. The van der Waals surface area contributed by atoms with Gasteiger partial charge in [-0.05, 0) is 37.5 Å². The number of quaternary nitrogens is 1. The van der Waals surface area contributed by atoms with Gasteiger partial charge in [-0.2, -0.15) is 0 Å². The fraction of sp³-hybridized carbons (Fsp3) is 0.760. The number of rotatable bonds is 20. The van der Waals surface area contributed by atoms with Crippen molar-refractivity contribution in [1.29, 1.82) is 0 Å². The Morgan fingerprint density at radius 2 is 1.27 bits per heavy atom. The van der Waals surface area contributed by atoms with Gasteiger partial charge in [0.05, 0.1) is 19.2 Å². The zero-order chi connectivity index (χ0) is 31.0. The van der Waals surface area contributed by atoms with Crippen LogP contribution in [0.15, 0.2) is 0 Å². The van der Waals surface area contributed by atoms with Gasteiger partial charge in [0.1, 0.15) is 24.2 Å². The Bertz CT molecular complexity index is 870. The second kappa shape index (κ2) is 18.9. The van der Waals surface area contributed by atoms with Crippen molar-refractivity contribution in [1.82, 2.24) is 21.3 Å². The molecule has 15 nitrogen and oxygen atoms in total. The van der Waals surface area contributed by atoms with Crippen LogP contribution in [-0.4, -0.2) is 94.2 Å². The molecule has 0 aliphatic heterocycles. The Balaban J connectivity index is 5.68. The molecule has 0 saturated heterocycles. The molecule has 4 amide bonds. The quantitative estimate of drug-likeness (QED) is 0.0678. The number of aliphatic hydroxyl groups is 1. The highest BCUT2D eigenvalue weighted by Crippen LogP contribution is 2.08. The van der Waals surface area contributed by atoms with Crippen LogP contribution in [0.3, 0.4) is 0 Å². The standard InChI is InChI=1S/C25H46N6O9/c1-5-14(4)19(27)24(38)29-16(9-10-18(33)34)21(35)30-17(12-32)23(37)28-15(8-6-7-11-26)22(36)31-20(13(2)3)25(39)40/h13-17,19-20,32H,5-12,26-27H2,1-4H3,(H,28,37)(H,29,38)(H,30,35)(H,31,36)(H,33,34)(H,39,40)/p+1/t14-,15-,16-,17-,19-,20-/m0/s1. The molecule has 230 valence electrons. The lowest BCUT2D eigenvalue weighted by atomic mass is 9.98. The van der Waals surface area contributed by atoms with Crippen LogP contribution >= 0.6 is 0 Å². The third kappa shape index (κ3) is 13.2. The molecule has 6 atom stereocenters. The molecule has 0 aliphatic rings. The normalized spacial score (nSPS) is 15.6. The van der Waals surface area contributed by atoms with E-state index in [4.69, 9.17) is 10.8 Å². The minimum Gasteiger partial charge on any atom is -0.481 e. The minimum absolute atomic E-state index is 0.147. The Labute approximate surface area is 234 Å². The molecular formula is C25H47N6O9+. The van der Waals surface area contributed by atoms with Gasteiger partial charge in [-0.3, -0.25) is 24.0 Å². The van der Waals surface area contributed by atoms with Crippen molar-refractivity contribution in [3.05, 3.63) is 0 Å². The van der Waals surface area contributed by atoms with Crippen LogP contribution < -0.4 is 32.7 Å². The summed E-state index contributed by atoms with van der Waals surface area (Å²) in [5, 5.41) is 37.8. The highest BCUT2D eigenvalue weighted by molar-refractivity contribution is 5.95. The zero-order valence-corrected chi connectivity index (χ0v) is 23.8. The predicted octanol–water partition coefficient (Wildman–Crippen LogP) is -2.69. The maximum Gasteiger partial charge on any atom is 0.326 e. The lowest BCUT2D eigenvalue weighted by Gasteiger charge is -2.26. The van der Waals surface area contributed by atoms with Crippen molar-refractivity contribution in [3.63, 3.8) is 0 Å². The molecule has 0 saturated carbocycles. The SMILES string of the molecule is CC[C@H](C)[C@H](N)C(=O)N[C@@H](CCC(=O)O)C(=O)N[C@@H](CO)C(=O)N[C@@H](CCCC[NH3+])C(=O)N[C@H](C(=O)O)C(C)C. The fourth-order valence-electron chi connectivity index (χ4n) is 3.62. The number of aliphatic hydroxyl groups excluding tert-OH is 1. The van der Waals surface area contributed by atoms with E-state index >= 15 is 0 Å². The average molecular weight is 576 g/mol. The average Bonchev–Trinajstić information content (AvgIpc) is 2.89. The van der Waals surface area contributed by atoms with E-state index in [2.05, 4.69) is 27.0 Å². The van der Waals surface area contributed by atoms with Gasteiger partial charge >= 0.3 is 11.9 Å².